The summed E-state index contributed by atoms with van der Waals surface area (Å²) < 4.78 is 20.4. The second-order valence-corrected chi connectivity index (χ2v) is 5.00. The number of aryl methyl sites for hydroxylation is 1. The number of carbonyl (C=O) groups excluding carboxylic acids is 2. The Morgan fingerprint density at radius 2 is 1.88 bits per heavy atom. The Kier molecular flexibility index (Phi) is 5.84. The Bertz CT molecular complexity index is 806. The minimum atomic E-state index is -0.494. The van der Waals surface area contributed by atoms with Crippen LogP contribution in [0.3, 0.4) is 0 Å². The first kappa shape index (κ1) is 18.1. The average Bonchev–Trinajstić information content (AvgIpc) is 3.00. The van der Waals surface area contributed by atoms with Crippen molar-refractivity contribution >= 4 is 23.6 Å². The van der Waals surface area contributed by atoms with E-state index in [2.05, 4.69) is 10.1 Å². The molecule has 25 heavy (non-hydrogen) atoms. The summed E-state index contributed by atoms with van der Waals surface area (Å²) in [6, 6.07) is 6.58. The van der Waals surface area contributed by atoms with E-state index >= 15 is 0 Å². The standard InChI is InChI=1S/C18H19NO6/c1-11-14(18(21)24-4)9-13(25-11)6-8-17(20)19-15-10-12(22-2)5-7-16(15)23-3/h5-10H,1-4H3,(H,19,20). The van der Waals surface area contributed by atoms with Crippen LogP contribution < -0.4 is 14.8 Å². The highest BCUT2D eigenvalue weighted by Gasteiger charge is 2.14. The maximum absolute atomic E-state index is 12.1. The molecule has 1 N–H and O–H groups in total. The van der Waals surface area contributed by atoms with Crippen molar-refractivity contribution in [2.45, 2.75) is 6.92 Å². The van der Waals surface area contributed by atoms with Crippen LogP contribution in [0, 0.1) is 6.92 Å². The van der Waals surface area contributed by atoms with Crippen LogP contribution in [0.15, 0.2) is 34.8 Å². The van der Waals surface area contributed by atoms with E-state index in [0.29, 0.717) is 34.3 Å². The number of furan rings is 1. The van der Waals surface area contributed by atoms with Gasteiger partial charge in [-0.1, -0.05) is 0 Å². The average molecular weight is 345 g/mol. The van der Waals surface area contributed by atoms with E-state index in [1.165, 1.54) is 39.5 Å². The molecule has 0 spiro atoms. The molecule has 0 aliphatic rings. The molecule has 0 aliphatic carbocycles. The number of amides is 1. The fraction of sp³-hybridized carbons (Fsp3) is 0.222. The number of rotatable bonds is 6. The molecule has 0 fully saturated rings. The number of esters is 1. The Balaban J connectivity index is 2.12. The van der Waals surface area contributed by atoms with Crippen LogP contribution >= 0.6 is 0 Å². The van der Waals surface area contributed by atoms with Crippen molar-refractivity contribution in [2.75, 3.05) is 26.6 Å². The molecular formula is C18H19NO6. The number of nitrogens with one attached hydrogen (secondary N) is 1. The summed E-state index contributed by atoms with van der Waals surface area (Å²) in [6.45, 7) is 1.64. The van der Waals surface area contributed by atoms with E-state index in [1.807, 2.05) is 0 Å². The molecule has 0 aliphatic heterocycles. The maximum atomic E-state index is 12.1. The zero-order chi connectivity index (χ0) is 18.4. The van der Waals surface area contributed by atoms with Gasteiger partial charge in [-0.05, 0) is 31.2 Å². The van der Waals surface area contributed by atoms with E-state index in [-0.39, 0.29) is 5.91 Å². The lowest BCUT2D eigenvalue weighted by atomic mass is 10.2. The molecule has 1 aromatic carbocycles. The molecule has 0 saturated carbocycles. The van der Waals surface area contributed by atoms with Crippen molar-refractivity contribution in [3.63, 3.8) is 0 Å². The smallest absolute Gasteiger partial charge is 0.341 e. The minimum Gasteiger partial charge on any atom is -0.497 e. The number of hydrogen-bond donors (Lipinski definition) is 1. The summed E-state index contributed by atoms with van der Waals surface area (Å²) in [5.74, 6) is 0.993. The molecule has 0 saturated heterocycles. The van der Waals surface area contributed by atoms with Crippen LogP contribution in [0.1, 0.15) is 21.9 Å². The summed E-state index contributed by atoms with van der Waals surface area (Å²) in [7, 11) is 4.33. The van der Waals surface area contributed by atoms with Crippen molar-refractivity contribution in [3.05, 3.63) is 47.4 Å². The number of benzene rings is 1. The highest BCUT2D eigenvalue weighted by molar-refractivity contribution is 6.03. The quantitative estimate of drug-likeness (QED) is 0.640. The van der Waals surface area contributed by atoms with Gasteiger partial charge in [-0.2, -0.15) is 0 Å². The highest BCUT2D eigenvalue weighted by Crippen LogP contribution is 2.28. The third kappa shape index (κ3) is 4.41. The first-order chi connectivity index (χ1) is 12.0. The van der Waals surface area contributed by atoms with Crippen LogP contribution in [0.5, 0.6) is 11.5 Å². The predicted octanol–water partition coefficient (Wildman–Crippen LogP) is 3.04. The van der Waals surface area contributed by atoms with Gasteiger partial charge in [0.2, 0.25) is 5.91 Å². The van der Waals surface area contributed by atoms with Gasteiger partial charge in [-0.25, -0.2) is 4.79 Å². The first-order valence-corrected chi connectivity index (χ1v) is 7.38. The lowest BCUT2D eigenvalue weighted by Gasteiger charge is -2.10. The van der Waals surface area contributed by atoms with Gasteiger partial charge in [-0.15, -0.1) is 0 Å². The van der Waals surface area contributed by atoms with E-state index in [1.54, 1.807) is 25.1 Å². The van der Waals surface area contributed by atoms with E-state index in [9.17, 15) is 9.59 Å². The molecule has 7 heteroatoms. The number of carbonyl (C=O) groups is 2. The summed E-state index contributed by atoms with van der Waals surface area (Å²) in [6.07, 6.45) is 2.75. The second kappa shape index (κ2) is 8.05. The Hall–Kier alpha value is -3.22. The fourth-order valence-corrected chi connectivity index (χ4v) is 2.14. The van der Waals surface area contributed by atoms with E-state index < -0.39 is 5.97 Å². The Labute approximate surface area is 145 Å². The highest BCUT2D eigenvalue weighted by atomic mass is 16.5. The zero-order valence-electron chi connectivity index (χ0n) is 14.4. The largest absolute Gasteiger partial charge is 0.497 e. The van der Waals surface area contributed by atoms with Crippen molar-refractivity contribution in [3.8, 4) is 11.5 Å². The van der Waals surface area contributed by atoms with Gasteiger partial charge in [-0.3, -0.25) is 4.79 Å². The molecular weight excluding hydrogens is 326 g/mol. The van der Waals surface area contributed by atoms with Gasteiger partial charge in [0.1, 0.15) is 28.6 Å². The summed E-state index contributed by atoms with van der Waals surface area (Å²) in [4.78, 5) is 23.7. The molecule has 0 bridgehead atoms. The van der Waals surface area contributed by atoms with Gasteiger partial charge < -0.3 is 23.9 Å². The van der Waals surface area contributed by atoms with Gasteiger partial charge in [0.05, 0.1) is 27.0 Å². The molecule has 0 radical (unpaired) electrons. The molecule has 1 aromatic heterocycles. The predicted molar refractivity (Wildman–Crippen MR) is 92.0 cm³/mol. The van der Waals surface area contributed by atoms with Crippen molar-refractivity contribution in [1.82, 2.24) is 0 Å². The van der Waals surface area contributed by atoms with E-state index in [4.69, 9.17) is 13.9 Å². The van der Waals surface area contributed by atoms with Crippen LogP contribution in [-0.4, -0.2) is 33.2 Å². The van der Waals surface area contributed by atoms with E-state index in [0.717, 1.165) is 0 Å². The lowest BCUT2D eigenvalue weighted by molar-refractivity contribution is -0.111. The fourth-order valence-electron chi connectivity index (χ4n) is 2.14. The Morgan fingerprint density at radius 1 is 1.12 bits per heavy atom. The monoisotopic (exact) mass is 345 g/mol. The first-order valence-electron chi connectivity index (χ1n) is 7.38. The zero-order valence-corrected chi connectivity index (χ0v) is 14.4. The van der Waals surface area contributed by atoms with Gasteiger partial charge >= 0.3 is 5.97 Å². The van der Waals surface area contributed by atoms with Crippen LogP contribution in [0.4, 0.5) is 5.69 Å². The second-order valence-electron chi connectivity index (χ2n) is 5.00. The molecule has 2 aromatic rings. The minimum absolute atomic E-state index is 0.317. The number of hydrogen-bond acceptors (Lipinski definition) is 6. The lowest BCUT2D eigenvalue weighted by Crippen LogP contribution is -2.09. The molecule has 132 valence electrons. The summed E-state index contributed by atoms with van der Waals surface area (Å²) in [5, 5.41) is 2.70. The molecule has 1 amide bonds. The molecule has 0 atom stereocenters. The normalized spacial score (nSPS) is 10.6. The number of ether oxygens (including phenoxy) is 3. The van der Waals surface area contributed by atoms with Crippen LogP contribution in [-0.2, 0) is 9.53 Å². The van der Waals surface area contributed by atoms with Gasteiger partial charge in [0.15, 0.2) is 0 Å². The van der Waals surface area contributed by atoms with Crippen molar-refractivity contribution < 1.29 is 28.2 Å². The van der Waals surface area contributed by atoms with Gasteiger partial charge in [0, 0.05) is 12.1 Å². The topological polar surface area (TPSA) is 87.0 Å². The SMILES string of the molecule is COC(=O)c1cc(C=CC(=O)Nc2cc(OC)ccc2OC)oc1C. The van der Waals surface area contributed by atoms with Gasteiger partial charge in [0.25, 0.3) is 0 Å². The molecule has 0 unspecified atom stereocenters. The third-order valence-corrected chi connectivity index (χ3v) is 3.41. The molecule has 1 heterocycles. The molecule has 2 rings (SSSR count). The van der Waals surface area contributed by atoms with Crippen molar-refractivity contribution in [2.24, 2.45) is 0 Å². The maximum Gasteiger partial charge on any atom is 0.341 e. The summed E-state index contributed by atoms with van der Waals surface area (Å²) >= 11 is 0. The number of methoxy groups -OCH3 is 3. The molecule has 7 nitrogen and oxygen atoms in total. The third-order valence-electron chi connectivity index (χ3n) is 3.41. The number of anilines is 1. The van der Waals surface area contributed by atoms with Crippen LogP contribution in [0.25, 0.3) is 6.08 Å². The Morgan fingerprint density at radius 3 is 2.52 bits per heavy atom. The van der Waals surface area contributed by atoms with Crippen molar-refractivity contribution in [1.29, 1.82) is 0 Å². The van der Waals surface area contributed by atoms with Crippen LogP contribution in [0.2, 0.25) is 0 Å². The summed E-state index contributed by atoms with van der Waals surface area (Å²) in [5.41, 5.74) is 0.791.